The predicted molar refractivity (Wildman–Crippen MR) is 102 cm³/mol. The molecule has 144 valence electrons. The number of benzene rings is 1. The fourth-order valence-corrected chi connectivity index (χ4v) is 3.80. The minimum absolute atomic E-state index is 0.371. The van der Waals surface area contributed by atoms with Crippen molar-refractivity contribution in [1.82, 2.24) is 4.90 Å². The number of amidine groups is 1. The van der Waals surface area contributed by atoms with Crippen LogP contribution in [0.5, 0.6) is 0 Å². The molecule has 3 aliphatic rings. The zero-order valence-electron chi connectivity index (χ0n) is 15.3. The average molecular weight is 371 g/mol. The largest absolute Gasteiger partial charge is 0.382 e. The van der Waals surface area contributed by atoms with Crippen LogP contribution in [0.4, 0.5) is 5.69 Å². The highest BCUT2D eigenvalue weighted by Gasteiger charge is 2.30. The quantitative estimate of drug-likeness (QED) is 0.605. The normalized spacial score (nSPS) is 22.5. The first-order chi connectivity index (χ1) is 13.1. The highest BCUT2D eigenvalue weighted by Crippen LogP contribution is 2.29. The van der Waals surface area contributed by atoms with E-state index in [0.29, 0.717) is 25.5 Å². The maximum atomic E-state index is 11.4. The Bertz CT molecular complexity index is 767. The zero-order valence-corrected chi connectivity index (χ0v) is 15.3. The first-order valence-electron chi connectivity index (χ1n) is 9.46. The maximum Gasteiger partial charge on any atom is 0.261 e. The predicted octanol–water partition coefficient (Wildman–Crippen LogP) is 0.923. The van der Waals surface area contributed by atoms with Crippen LogP contribution in [0.2, 0.25) is 0 Å². The summed E-state index contributed by atoms with van der Waals surface area (Å²) in [5.74, 6) is 0.0577. The van der Waals surface area contributed by atoms with Crippen LogP contribution in [0.25, 0.3) is 0 Å². The molecule has 3 aliphatic heterocycles. The average Bonchev–Trinajstić information content (AvgIpc) is 3.40. The molecule has 0 spiro atoms. The fourth-order valence-electron chi connectivity index (χ4n) is 3.80. The number of nitrogens with two attached hydrogens (primary N) is 1. The van der Waals surface area contributed by atoms with Gasteiger partial charge in [0.25, 0.3) is 5.91 Å². The summed E-state index contributed by atoms with van der Waals surface area (Å²) in [6.07, 6.45) is 1.94. The smallest absolute Gasteiger partial charge is 0.261 e. The molecule has 27 heavy (non-hydrogen) atoms. The first-order valence-corrected chi connectivity index (χ1v) is 9.46. The van der Waals surface area contributed by atoms with Crippen molar-refractivity contribution < 1.29 is 14.4 Å². The number of hydrogen-bond acceptors (Lipinski definition) is 6. The van der Waals surface area contributed by atoms with Crippen molar-refractivity contribution >= 4 is 23.1 Å². The summed E-state index contributed by atoms with van der Waals surface area (Å²) in [6, 6.07) is 6.00. The fraction of sp³-hybridized carbons (Fsp3) is 0.526. The van der Waals surface area contributed by atoms with Crippen LogP contribution in [0.15, 0.2) is 23.4 Å². The Labute approximate surface area is 158 Å². The Balaban J connectivity index is 1.65. The van der Waals surface area contributed by atoms with E-state index >= 15 is 0 Å². The van der Waals surface area contributed by atoms with Gasteiger partial charge in [0.05, 0.1) is 18.9 Å². The number of rotatable bonds is 4. The number of morpholine rings is 1. The molecule has 8 nitrogen and oxygen atoms in total. The molecule has 2 saturated heterocycles. The van der Waals surface area contributed by atoms with E-state index < -0.39 is 12.0 Å². The van der Waals surface area contributed by atoms with Crippen LogP contribution in [0.3, 0.4) is 0 Å². The van der Waals surface area contributed by atoms with Gasteiger partial charge < -0.3 is 25.1 Å². The second-order valence-corrected chi connectivity index (χ2v) is 7.11. The van der Waals surface area contributed by atoms with Gasteiger partial charge in [-0.1, -0.05) is 17.3 Å². The summed E-state index contributed by atoms with van der Waals surface area (Å²) in [5, 5.41) is 12.7. The third kappa shape index (κ3) is 3.62. The Morgan fingerprint density at radius 2 is 1.93 bits per heavy atom. The molecule has 0 bridgehead atoms. The van der Waals surface area contributed by atoms with E-state index in [0.717, 1.165) is 61.5 Å². The number of oxime groups is 1. The van der Waals surface area contributed by atoms with Crippen molar-refractivity contribution in [2.24, 2.45) is 10.9 Å². The maximum absolute atomic E-state index is 11.4. The molecule has 3 heterocycles. The minimum atomic E-state index is -0.708. The van der Waals surface area contributed by atoms with Gasteiger partial charge in [0, 0.05) is 49.4 Å². The van der Waals surface area contributed by atoms with Crippen molar-refractivity contribution in [3.8, 4) is 0 Å². The van der Waals surface area contributed by atoms with E-state index in [1.54, 1.807) is 0 Å². The van der Waals surface area contributed by atoms with E-state index in [1.807, 2.05) is 12.1 Å². The number of carbonyl (C=O) groups is 1. The van der Waals surface area contributed by atoms with Crippen LogP contribution in [-0.4, -0.2) is 67.9 Å². The Kier molecular flexibility index (Phi) is 4.98. The topological polar surface area (TPSA) is 104 Å². The van der Waals surface area contributed by atoms with Crippen LogP contribution in [-0.2, 0) is 14.4 Å². The standard InChI is InChI=1S/C19H25N5O3/c20-18(24-5-1-2-6-24)13-3-4-14(15-12-17(19(21)25)27-22-15)16(11-13)23-7-9-26-10-8-23/h3-4,11,17,20H,1-2,5-10,12H2,(H2,21,25). The molecule has 4 rings (SSSR count). The molecular formula is C19H25N5O3. The van der Waals surface area contributed by atoms with Gasteiger partial charge in [-0.05, 0) is 18.9 Å². The molecule has 2 fully saturated rings. The minimum Gasteiger partial charge on any atom is -0.382 e. The van der Waals surface area contributed by atoms with Crippen LogP contribution >= 0.6 is 0 Å². The molecule has 1 unspecified atom stereocenters. The summed E-state index contributed by atoms with van der Waals surface area (Å²) >= 11 is 0. The molecule has 1 aromatic rings. The molecule has 1 amide bonds. The lowest BCUT2D eigenvalue weighted by Gasteiger charge is -2.31. The monoisotopic (exact) mass is 371 g/mol. The summed E-state index contributed by atoms with van der Waals surface area (Å²) < 4.78 is 5.49. The summed E-state index contributed by atoms with van der Waals surface area (Å²) in [4.78, 5) is 21.0. The van der Waals surface area contributed by atoms with E-state index in [2.05, 4.69) is 21.0 Å². The van der Waals surface area contributed by atoms with Gasteiger partial charge in [0.1, 0.15) is 5.84 Å². The van der Waals surface area contributed by atoms with Crippen molar-refractivity contribution in [3.05, 3.63) is 29.3 Å². The molecular weight excluding hydrogens is 346 g/mol. The van der Waals surface area contributed by atoms with Gasteiger partial charge in [0.2, 0.25) is 6.10 Å². The van der Waals surface area contributed by atoms with Gasteiger partial charge in [-0.3, -0.25) is 10.2 Å². The van der Waals surface area contributed by atoms with Gasteiger partial charge in [-0.2, -0.15) is 0 Å². The van der Waals surface area contributed by atoms with Gasteiger partial charge in [0.15, 0.2) is 0 Å². The summed E-state index contributed by atoms with van der Waals surface area (Å²) in [7, 11) is 0. The number of nitrogens with one attached hydrogen (secondary N) is 1. The molecule has 1 aromatic carbocycles. The molecule has 0 radical (unpaired) electrons. The highest BCUT2D eigenvalue weighted by molar-refractivity contribution is 6.09. The van der Waals surface area contributed by atoms with E-state index in [1.165, 1.54) is 0 Å². The van der Waals surface area contributed by atoms with Crippen molar-refractivity contribution in [1.29, 1.82) is 5.41 Å². The number of carbonyl (C=O) groups excluding carboxylic acids is 1. The molecule has 3 N–H and O–H groups in total. The van der Waals surface area contributed by atoms with Crippen LogP contribution in [0, 0.1) is 5.41 Å². The SMILES string of the molecule is N=C(c1ccc(C2=NOC(C(N)=O)C2)c(N2CCOCC2)c1)N1CCCC1. The van der Waals surface area contributed by atoms with E-state index in [-0.39, 0.29) is 0 Å². The second kappa shape index (κ2) is 7.56. The lowest BCUT2D eigenvalue weighted by atomic mass is 9.99. The zero-order chi connectivity index (χ0) is 18.8. The van der Waals surface area contributed by atoms with E-state index in [4.69, 9.17) is 20.7 Å². The number of primary amides is 1. The molecule has 0 saturated carbocycles. The van der Waals surface area contributed by atoms with Gasteiger partial charge in [-0.25, -0.2) is 0 Å². The van der Waals surface area contributed by atoms with E-state index in [9.17, 15) is 4.79 Å². The number of ether oxygens (including phenoxy) is 1. The molecule has 0 aromatic heterocycles. The van der Waals surface area contributed by atoms with Crippen LogP contribution < -0.4 is 10.6 Å². The van der Waals surface area contributed by atoms with Crippen molar-refractivity contribution in [2.75, 3.05) is 44.3 Å². The number of anilines is 1. The second-order valence-electron chi connectivity index (χ2n) is 7.11. The molecule has 0 aliphatic carbocycles. The Morgan fingerprint density at radius 1 is 1.19 bits per heavy atom. The molecule has 1 atom stereocenters. The third-order valence-corrected chi connectivity index (χ3v) is 5.34. The number of likely N-dealkylation sites (tertiary alicyclic amines) is 1. The lowest BCUT2D eigenvalue weighted by Crippen LogP contribution is -2.37. The van der Waals surface area contributed by atoms with Crippen molar-refractivity contribution in [3.63, 3.8) is 0 Å². The highest BCUT2D eigenvalue weighted by atomic mass is 16.6. The number of amides is 1. The third-order valence-electron chi connectivity index (χ3n) is 5.34. The lowest BCUT2D eigenvalue weighted by molar-refractivity contribution is -0.127. The van der Waals surface area contributed by atoms with Gasteiger partial charge >= 0.3 is 0 Å². The summed E-state index contributed by atoms with van der Waals surface area (Å²) in [5.41, 5.74) is 8.91. The summed E-state index contributed by atoms with van der Waals surface area (Å²) in [6.45, 7) is 4.77. The van der Waals surface area contributed by atoms with Gasteiger partial charge in [-0.15, -0.1) is 0 Å². The Hall–Kier alpha value is -2.61. The number of hydrogen-bond donors (Lipinski definition) is 2. The van der Waals surface area contributed by atoms with Crippen LogP contribution in [0.1, 0.15) is 30.4 Å². The first kappa shape index (κ1) is 17.8. The molecule has 8 heteroatoms. The number of nitrogens with zero attached hydrogens (tertiary/aromatic N) is 3. The Morgan fingerprint density at radius 3 is 2.59 bits per heavy atom. The van der Waals surface area contributed by atoms with Crippen molar-refractivity contribution in [2.45, 2.75) is 25.4 Å².